The number of methoxy groups -OCH3 is 1. The molecule has 0 saturated heterocycles. The Morgan fingerprint density at radius 3 is 2.60 bits per heavy atom. The summed E-state index contributed by atoms with van der Waals surface area (Å²) in [5.74, 6) is 0.512. The van der Waals surface area contributed by atoms with Crippen LogP contribution in [0.1, 0.15) is 37.8 Å². The van der Waals surface area contributed by atoms with Gasteiger partial charge >= 0.3 is 5.69 Å². The third-order valence-electron chi connectivity index (χ3n) is 5.66. The molecule has 1 heterocycles. The Labute approximate surface area is 204 Å². The largest absolute Gasteiger partial charge is 0.496 e. The van der Waals surface area contributed by atoms with Crippen LogP contribution in [0.3, 0.4) is 0 Å². The Balaban J connectivity index is 2.09. The molecule has 0 saturated carbocycles. The number of aryl methyl sites for hydroxylation is 1. The zero-order valence-corrected chi connectivity index (χ0v) is 20.5. The molecular weight excluding hydrogens is 448 g/mol. The Bertz CT molecular complexity index is 1300. The Hall–Kier alpha value is -4.01. The van der Waals surface area contributed by atoms with Gasteiger partial charge in [0.15, 0.2) is 11.8 Å². The number of nitrogens with zero attached hydrogens (tertiary/aromatic N) is 2. The molecule has 186 valence electrons. The zero-order valence-electron chi connectivity index (χ0n) is 20.5. The number of aromatic amines is 1. The van der Waals surface area contributed by atoms with Crippen molar-refractivity contribution in [2.75, 3.05) is 17.7 Å². The number of hydrogen-bond acceptors (Lipinski definition) is 6. The Morgan fingerprint density at radius 1 is 1.17 bits per heavy atom. The SMILES string of the molecule is CCCCn1c(N)c(N(Cc2ccccc2OC)C(=O)C(C)Oc2cccc(C)c2)c(=O)[nH]c1=O. The molecule has 1 unspecified atom stereocenters. The van der Waals surface area contributed by atoms with Crippen LogP contribution < -0.4 is 31.4 Å². The number of nitrogen functional groups attached to an aromatic ring is 1. The second kappa shape index (κ2) is 11.4. The number of amides is 1. The topological polar surface area (TPSA) is 120 Å². The van der Waals surface area contributed by atoms with Gasteiger partial charge in [0.05, 0.1) is 13.7 Å². The molecule has 2 aromatic carbocycles. The lowest BCUT2D eigenvalue weighted by Crippen LogP contribution is -2.45. The van der Waals surface area contributed by atoms with Gasteiger partial charge in [-0.2, -0.15) is 0 Å². The van der Waals surface area contributed by atoms with E-state index in [-0.39, 0.29) is 18.1 Å². The van der Waals surface area contributed by atoms with Crippen molar-refractivity contribution < 1.29 is 14.3 Å². The van der Waals surface area contributed by atoms with Crippen LogP contribution in [-0.4, -0.2) is 28.7 Å². The molecule has 0 aliphatic carbocycles. The van der Waals surface area contributed by atoms with E-state index < -0.39 is 23.3 Å². The van der Waals surface area contributed by atoms with Crippen LogP contribution in [0.5, 0.6) is 11.5 Å². The molecule has 0 fully saturated rings. The first-order chi connectivity index (χ1) is 16.8. The van der Waals surface area contributed by atoms with Crippen LogP contribution in [0, 0.1) is 6.92 Å². The van der Waals surface area contributed by atoms with Gasteiger partial charge in [0.1, 0.15) is 17.3 Å². The van der Waals surface area contributed by atoms with E-state index in [1.54, 1.807) is 25.1 Å². The van der Waals surface area contributed by atoms with E-state index in [9.17, 15) is 14.4 Å². The normalized spacial score (nSPS) is 11.7. The van der Waals surface area contributed by atoms with Gasteiger partial charge in [-0.3, -0.25) is 24.0 Å². The van der Waals surface area contributed by atoms with E-state index in [0.29, 0.717) is 30.0 Å². The van der Waals surface area contributed by atoms with Gasteiger partial charge in [0.2, 0.25) is 0 Å². The predicted octanol–water partition coefficient (Wildman–Crippen LogP) is 3.24. The highest BCUT2D eigenvalue weighted by atomic mass is 16.5. The second-order valence-electron chi connectivity index (χ2n) is 8.31. The van der Waals surface area contributed by atoms with Crippen molar-refractivity contribution in [1.82, 2.24) is 9.55 Å². The third kappa shape index (κ3) is 5.92. The number of H-pyrrole nitrogens is 1. The molecular formula is C26H32N4O5. The molecule has 0 aliphatic heterocycles. The van der Waals surface area contributed by atoms with E-state index in [0.717, 1.165) is 12.0 Å². The molecule has 3 rings (SSSR count). The average molecular weight is 481 g/mol. The van der Waals surface area contributed by atoms with Crippen molar-refractivity contribution in [3.63, 3.8) is 0 Å². The molecule has 0 spiro atoms. The predicted molar refractivity (Wildman–Crippen MR) is 136 cm³/mol. The summed E-state index contributed by atoms with van der Waals surface area (Å²) in [6, 6.07) is 14.5. The fourth-order valence-electron chi connectivity index (χ4n) is 3.81. The lowest BCUT2D eigenvalue weighted by molar-refractivity contribution is -0.124. The van der Waals surface area contributed by atoms with E-state index in [1.807, 2.05) is 44.2 Å². The molecule has 35 heavy (non-hydrogen) atoms. The minimum absolute atomic E-state index is 0.0103. The van der Waals surface area contributed by atoms with E-state index >= 15 is 0 Å². The third-order valence-corrected chi connectivity index (χ3v) is 5.66. The maximum atomic E-state index is 13.7. The highest BCUT2D eigenvalue weighted by Crippen LogP contribution is 2.26. The van der Waals surface area contributed by atoms with Gasteiger partial charge in [0.25, 0.3) is 11.5 Å². The summed E-state index contributed by atoms with van der Waals surface area (Å²) < 4.78 is 12.6. The summed E-state index contributed by atoms with van der Waals surface area (Å²) in [4.78, 5) is 42.7. The number of para-hydroxylation sites is 1. The summed E-state index contributed by atoms with van der Waals surface area (Å²) in [5.41, 5.74) is 6.53. The molecule has 0 radical (unpaired) electrons. The first kappa shape index (κ1) is 25.6. The summed E-state index contributed by atoms with van der Waals surface area (Å²) in [7, 11) is 1.53. The molecule has 9 nitrogen and oxygen atoms in total. The number of carbonyl (C=O) groups is 1. The van der Waals surface area contributed by atoms with Gasteiger partial charge in [-0.25, -0.2) is 4.79 Å². The highest BCUT2D eigenvalue weighted by Gasteiger charge is 2.30. The first-order valence-corrected chi connectivity index (χ1v) is 11.6. The van der Waals surface area contributed by atoms with Crippen LogP contribution in [0.2, 0.25) is 0 Å². The van der Waals surface area contributed by atoms with Crippen molar-refractivity contribution >= 4 is 17.4 Å². The van der Waals surface area contributed by atoms with Crippen molar-refractivity contribution in [1.29, 1.82) is 0 Å². The Morgan fingerprint density at radius 2 is 1.91 bits per heavy atom. The second-order valence-corrected chi connectivity index (χ2v) is 8.31. The number of unbranched alkanes of at least 4 members (excludes halogenated alkanes) is 1. The van der Waals surface area contributed by atoms with Crippen molar-refractivity contribution in [2.24, 2.45) is 0 Å². The van der Waals surface area contributed by atoms with Crippen LogP contribution in [0.4, 0.5) is 11.5 Å². The minimum Gasteiger partial charge on any atom is -0.496 e. The average Bonchev–Trinajstić information content (AvgIpc) is 2.83. The van der Waals surface area contributed by atoms with Crippen molar-refractivity contribution in [2.45, 2.75) is 52.8 Å². The molecule has 3 N–H and O–H groups in total. The lowest BCUT2D eigenvalue weighted by atomic mass is 10.1. The maximum Gasteiger partial charge on any atom is 0.330 e. The molecule has 1 aromatic heterocycles. The fourth-order valence-corrected chi connectivity index (χ4v) is 3.81. The summed E-state index contributed by atoms with van der Waals surface area (Å²) in [6.45, 7) is 5.82. The number of nitrogens with one attached hydrogen (secondary N) is 1. The smallest absolute Gasteiger partial charge is 0.330 e. The van der Waals surface area contributed by atoms with Gasteiger partial charge in [0, 0.05) is 12.1 Å². The quantitative estimate of drug-likeness (QED) is 0.460. The molecule has 9 heteroatoms. The van der Waals surface area contributed by atoms with Gasteiger partial charge in [-0.15, -0.1) is 0 Å². The summed E-state index contributed by atoms with van der Waals surface area (Å²) in [6.07, 6.45) is 0.565. The number of benzene rings is 2. The number of hydrogen-bond donors (Lipinski definition) is 2. The number of ether oxygens (including phenoxy) is 2. The zero-order chi connectivity index (χ0) is 25.5. The number of anilines is 2. The monoisotopic (exact) mass is 480 g/mol. The van der Waals surface area contributed by atoms with Gasteiger partial charge in [-0.05, 0) is 44.0 Å². The van der Waals surface area contributed by atoms with E-state index in [1.165, 1.54) is 16.6 Å². The van der Waals surface area contributed by atoms with E-state index in [2.05, 4.69) is 4.98 Å². The molecule has 0 aliphatic rings. The van der Waals surface area contributed by atoms with Crippen molar-refractivity contribution in [3.8, 4) is 11.5 Å². The first-order valence-electron chi connectivity index (χ1n) is 11.6. The number of carbonyl (C=O) groups excluding carboxylic acids is 1. The summed E-state index contributed by atoms with van der Waals surface area (Å²) in [5, 5.41) is 0. The fraction of sp³-hybridized carbons (Fsp3) is 0.346. The maximum absolute atomic E-state index is 13.7. The van der Waals surface area contributed by atoms with Gasteiger partial charge < -0.3 is 15.2 Å². The number of aromatic nitrogens is 2. The van der Waals surface area contributed by atoms with E-state index in [4.69, 9.17) is 15.2 Å². The van der Waals surface area contributed by atoms with Gasteiger partial charge in [-0.1, -0.05) is 43.7 Å². The summed E-state index contributed by atoms with van der Waals surface area (Å²) >= 11 is 0. The van der Waals surface area contributed by atoms with Crippen LogP contribution >= 0.6 is 0 Å². The van der Waals surface area contributed by atoms with Crippen molar-refractivity contribution in [3.05, 3.63) is 80.5 Å². The Kier molecular flexibility index (Phi) is 8.35. The number of rotatable bonds is 10. The molecule has 1 atom stereocenters. The van der Waals surface area contributed by atoms with Crippen LogP contribution in [0.15, 0.2) is 58.1 Å². The lowest BCUT2D eigenvalue weighted by Gasteiger charge is -2.28. The highest BCUT2D eigenvalue weighted by molar-refractivity contribution is 5.98. The molecule has 3 aromatic rings. The number of nitrogens with two attached hydrogens (primary N) is 1. The minimum atomic E-state index is -0.943. The molecule has 0 bridgehead atoms. The standard InChI is InChI=1S/C26H32N4O5/c1-5-6-14-29-23(27)22(24(31)28-26(29)33)30(16-19-11-7-8-13-21(19)34-4)25(32)18(3)35-20-12-9-10-17(2)15-20/h7-13,15,18H,5-6,14,16,27H2,1-4H3,(H,28,31,33). The molecule has 1 amide bonds. The van der Waals surface area contributed by atoms with Crippen LogP contribution in [-0.2, 0) is 17.9 Å². The van der Waals surface area contributed by atoms with Crippen LogP contribution in [0.25, 0.3) is 0 Å².